The largest absolute Gasteiger partial charge is 0.416 e. The van der Waals surface area contributed by atoms with Gasteiger partial charge in [-0.15, -0.1) is 10.2 Å². The molecule has 0 bridgehead atoms. The molecule has 0 spiro atoms. The van der Waals surface area contributed by atoms with E-state index in [0.29, 0.717) is 18.8 Å². The van der Waals surface area contributed by atoms with Gasteiger partial charge in [-0.1, -0.05) is 11.8 Å². The molecule has 0 saturated carbocycles. The van der Waals surface area contributed by atoms with Crippen molar-refractivity contribution < 1.29 is 18.8 Å². The van der Waals surface area contributed by atoms with Gasteiger partial charge in [0.05, 0.1) is 11.7 Å². The van der Waals surface area contributed by atoms with Gasteiger partial charge in [-0.2, -0.15) is 0 Å². The molecule has 0 radical (unpaired) electrons. The van der Waals surface area contributed by atoms with E-state index in [1.807, 2.05) is 13.8 Å². The molecule has 1 unspecified atom stereocenters. The molecule has 1 aromatic rings. The summed E-state index contributed by atoms with van der Waals surface area (Å²) < 4.78 is 5.50. The van der Waals surface area contributed by atoms with E-state index < -0.39 is 11.9 Å². The summed E-state index contributed by atoms with van der Waals surface area (Å²) in [6.45, 7) is 6.77. The average molecular weight is 367 g/mol. The standard InChI is InChI=1S/C15H21N5O4S/c1-5-20(6-2)12(21)8-25-15-18-17-11(24-15)7-10-9(3)16-14(23)19(4)13(10)22/h10H,5-8H2,1-4H3. The number of carbonyl (C=O) groups is 3. The molecule has 0 aliphatic carbocycles. The Kier molecular flexibility index (Phi) is 6.29. The second-order valence-corrected chi connectivity index (χ2v) is 6.43. The highest BCUT2D eigenvalue weighted by Gasteiger charge is 2.34. The van der Waals surface area contributed by atoms with Crippen LogP contribution in [0.5, 0.6) is 0 Å². The molecule has 0 fully saturated rings. The molecule has 2 heterocycles. The van der Waals surface area contributed by atoms with Crippen LogP contribution in [0, 0.1) is 5.92 Å². The average Bonchev–Trinajstić information content (AvgIpc) is 3.03. The highest BCUT2D eigenvalue weighted by Crippen LogP contribution is 2.21. The number of hydrogen-bond donors (Lipinski definition) is 0. The number of imide groups is 1. The van der Waals surface area contributed by atoms with E-state index in [2.05, 4.69) is 15.2 Å². The number of carbonyl (C=O) groups excluding carboxylic acids is 3. The third kappa shape index (κ3) is 4.44. The summed E-state index contributed by atoms with van der Waals surface area (Å²) in [5.74, 6) is -0.461. The SMILES string of the molecule is CCN(CC)C(=O)CSc1nnc(CC2C(=O)N(C)C(=O)N=C2C)o1. The fourth-order valence-electron chi connectivity index (χ4n) is 2.39. The first-order chi connectivity index (χ1) is 11.9. The minimum Gasteiger partial charge on any atom is -0.416 e. The zero-order valence-corrected chi connectivity index (χ0v) is 15.5. The van der Waals surface area contributed by atoms with Crippen LogP contribution in [-0.2, 0) is 16.0 Å². The van der Waals surface area contributed by atoms with Gasteiger partial charge in [0, 0.05) is 32.3 Å². The second kappa shape index (κ2) is 8.24. The third-order valence-electron chi connectivity index (χ3n) is 3.95. The quantitative estimate of drug-likeness (QED) is 0.667. The van der Waals surface area contributed by atoms with Gasteiger partial charge in [0.2, 0.25) is 17.7 Å². The lowest BCUT2D eigenvalue weighted by Crippen LogP contribution is -2.44. The molecule has 1 aliphatic rings. The molecule has 4 amide bonds. The zero-order valence-electron chi connectivity index (χ0n) is 14.7. The van der Waals surface area contributed by atoms with Crippen LogP contribution >= 0.6 is 11.8 Å². The molecular formula is C15H21N5O4S. The van der Waals surface area contributed by atoms with Crippen molar-refractivity contribution in [1.82, 2.24) is 20.0 Å². The predicted molar refractivity (Wildman–Crippen MR) is 91.4 cm³/mol. The summed E-state index contributed by atoms with van der Waals surface area (Å²) in [7, 11) is 1.39. The summed E-state index contributed by atoms with van der Waals surface area (Å²) in [5, 5.41) is 8.08. The molecule has 1 atom stereocenters. The van der Waals surface area contributed by atoms with E-state index in [9.17, 15) is 14.4 Å². The number of thioether (sulfide) groups is 1. The Balaban J connectivity index is 1.98. The Morgan fingerprint density at radius 2 is 1.96 bits per heavy atom. The van der Waals surface area contributed by atoms with Crippen molar-refractivity contribution >= 4 is 35.3 Å². The van der Waals surface area contributed by atoms with Crippen molar-refractivity contribution in [1.29, 1.82) is 0 Å². The fraction of sp³-hybridized carbons (Fsp3) is 0.600. The minimum atomic E-state index is -0.599. The number of nitrogens with zero attached hydrogens (tertiary/aromatic N) is 5. The third-order valence-corrected chi connectivity index (χ3v) is 4.76. The molecule has 10 heteroatoms. The molecule has 0 aromatic carbocycles. The van der Waals surface area contributed by atoms with Gasteiger partial charge in [0.1, 0.15) is 0 Å². The summed E-state index contributed by atoms with van der Waals surface area (Å²) in [5.41, 5.74) is 0.428. The fourth-order valence-corrected chi connectivity index (χ4v) is 3.07. The number of hydrogen-bond acceptors (Lipinski definition) is 7. The number of aliphatic imine (C=N–C) groups is 1. The maximum Gasteiger partial charge on any atom is 0.349 e. The number of amides is 4. The highest BCUT2D eigenvalue weighted by molar-refractivity contribution is 7.99. The van der Waals surface area contributed by atoms with E-state index in [1.165, 1.54) is 7.05 Å². The van der Waals surface area contributed by atoms with E-state index >= 15 is 0 Å². The molecule has 9 nitrogen and oxygen atoms in total. The summed E-state index contributed by atoms with van der Waals surface area (Å²) in [4.78, 5) is 42.2. The zero-order chi connectivity index (χ0) is 18.6. The van der Waals surface area contributed by atoms with Gasteiger partial charge in [0.15, 0.2) is 0 Å². The van der Waals surface area contributed by atoms with Crippen LogP contribution < -0.4 is 0 Å². The lowest BCUT2D eigenvalue weighted by atomic mass is 9.97. The molecule has 0 saturated heterocycles. The van der Waals surface area contributed by atoms with Crippen LogP contribution in [0.3, 0.4) is 0 Å². The second-order valence-electron chi connectivity index (χ2n) is 5.51. The summed E-state index contributed by atoms with van der Waals surface area (Å²) in [6.07, 6.45) is 0.170. The minimum absolute atomic E-state index is 0.000299. The van der Waals surface area contributed by atoms with Crippen LogP contribution in [0.1, 0.15) is 26.7 Å². The molecule has 1 aliphatic heterocycles. The van der Waals surface area contributed by atoms with E-state index in [1.54, 1.807) is 11.8 Å². The molecule has 0 N–H and O–H groups in total. The highest BCUT2D eigenvalue weighted by atomic mass is 32.2. The van der Waals surface area contributed by atoms with Crippen LogP contribution in [-0.4, -0.2) is 69.4 Å². The van der Waals surface area contributed by atoms with Gasteiger partial charge < -0.3 is 9.32 Å². The van der Waals surface area contributed by atoms with E-state index in [0.717, 1.165) is 16.7 Å². The van der Waals surface area contributed by atoms with Crippen LogP contribution in [0.2, 0.25) is 0 Å². The topological polar surface area (TPSA) is 109 Å². The Labute approximate surface area is 149 Å². The lowest BCUT2D eigenvalue weighted by Gasteiger charge is -2.24. The van der Waals surface area contributed by atoms with Crippen LogP contribution in [0.25, 0.3) is 0 Å². The van der Waals surface area contributed by atoms with Crippen molar-refractivity contribution in [3.63, 3.8) is 0 Å². The van der Waals surface area contributed by atoms with Crippen molar-refractivity contribution in [3.8, 4) is 0 Å². The van der Waals surface area contributed by atoms with Crippen molar-refractivity contribution in [2.45, 2.75) is 32.4 Å². The van der Waals surface area contributed by atoms with Crippen LogP contribution in [0.4, 0.5) is 4.79 Å². The first-order valence-electron chi connectivity index (χ1n) is 7.97. The Bertz CT molecular complexity index is 698. The monoisotopic (exact) mass is 367 g/mol. The number of rotatable bonds is 7. The lowest BCUT2D eigenvalue weighted by molar-refractivity contribution is -0.130. The Hall–Kier alpha value is -2.23. The van der Waals surface area contributed by atoms with E-state index in [4.69, 9.17) is 4.42 Å². The van der Waals surface area contributed by atoms with Crippen molar-refractivity contribution in [2.75, 3.05) is 25.9 Å². The smallest absolute Gasteiger partial charge is 0.349 e. The summed E-state index contributed by atoms with van der Waals surface area (Å²) in [6, 6.07) is -0.574. The molecular weight excluding hydrogens is 346 g/mol. The van der Waals surface area contributed by atoms with Gasteiger partial charge in [-0.3, -0.25) is 14.5 Å². The first-order valence-corrected chi connectivity index (χ1v) is 8.95. The first kappa shape index (κ1) is 19.1. The molecule has 136 valence electrons. The van der Waals surface area contributed by atoms with Gasteiger partial charge in [-0.05, 0) is 20.8 Å². The van der Waals surface area contributed by atoms with Crippen molar-refractivity contribution in [3.05, 3.63) is 5.89 Å². The van der Waals surface area contributed by atoms with E-state index in [-0.39, 0.29) is 35.1 Å². The normalized spacial score (nSPS) is 17.7. The van der Waals surface area contributed by atoms with Crippen LogP contribution in [0.15, 0.2) is 14.6 Å². The van der Waals surface area contributed by atoms with Gasteiger partial charge >= 0.3 is 6.03 Å². The van der Waals surface area contributed by atoms with Gasteiger partial charge in [-0.25, -0.2) is 9.79 Å². The predicted octanol–water partition coefficient (Wildman–Crippen LogP) is 1.24. The van der Waals surface area contributed by atoms with Crippen molar-refractivity contribution in [2.24, 2.45) is 10.9 Å². The molecule has 1 aromatic heterocycles. The number of urea groups is 1. The van der Waals surface area contributed by atoms with Gasteiger partial charge in [0.25, 0.3) is 5.22 Å². The maximum atomic E-state index is 12.2. The Morgan fingerprint density at radius 1 is 1.28 bits per heavy atom. The number of aromatic nitrogens is 2. The molecule has 25 heavy (non-hydrogen) atoms. The summed E-state index contributed by atoms with van der Waals surface area (Å²) >= 11 is 1.16. The Morgan fingerprint density at radius 3 is 2.60 bits per heavy atom. The maximum absolute atomic E-state index is 12.2. The molecule has 2 rings (SSSR count).